The van der Waals surface area contributed by atoms with E-state index in [-0.39, 0.29) is 5.92 Å². The summed E-state index contributed by atoms with van der Waals surface area (Å²) in [5, 5.41) is 8.89. The van der Waals surface area contributed by atoms with Gasteiger partial charge in [0.05, 0.1) is 12.5 Å². The zero-order chi connectivity index (χ0) is 10.7. The van der Waals surface area contributed by atoms with Crippen LogP contribution in [0.5, 0.6) is 0 Å². The van der Waals surface area contributed by atoms with Gasteiger partial charge in [0.15, 0.2) is 0 Å². The molecule has 0 radical (unpaired) electrons. The van der Waals surface area contributed by atoms with Crippen LogP contribution in [0.4, 0.5) is 0 Å². The van der Waals surface area contributed by atoms with Crippen molar-refractivity contribution in [3.05, 3.63) is 0 Å². The van der Waals surface area contributed by atoms with Crippen LogP contribution in [0.25, 0.3) is 0 Å². The highest BCUT2D eigenvalue weighted by Gasteiger charge is 2.29. The number of hydrogen-bond acceptors (Lipinski definition) is 3. The molecule has 0 bridgehead atoms. The minimum Gasteiger partial charge on any atom is -0.481 e. The molecule has 2 aliphatic heterocycles. The van der Waals surface area contributed by atoms with Gasteiger partial charge in [0.2, 0.25) is 0 Å². The largest absolute Gasteiger partial charge is 0.481 e. The number of carboxylic acids is 1. The van der Waals surface area contributed by atoms with Crippen LogP contribution in [0, 0.1) is 11.8 Å². The summed E-state index contributed by atoms with van der Waals surface area (Å²) in [6.07, 6.45) is 3.19. The Morgan fingerprint density at radius 2 is 2.33 bits per heavy atom. The van der Waals surface area contributed by atoms with Crippen LogP contribution in [0.1, 0.15) is 19.3 Å². The molecule has 2 unspecified atom stereocenters. The molecule has 2 atom stereocenters. The summed E-state index contributed by atoms with van der Waals surface area (Å²) in [5.41, 5.74) is 0. The Balaban J connectivity index is 1.74. The molecular weight excluding hydrogens is 194 g/mol. The molecule has 2 aliphatic rings. The average molecular weight is 213 g/mol. The fourth-order valence-corrected chi connectivity index (χ4v) is 2.52. The topological polar surface area (TPSA) is 49.8 Å². The summed E-state index contributed by atoms with van der Waals surface area (Å²) in [6, 6.07) is 0. The smallest absolute Gasteiger partial charge is 0.307 e. The van der Waals surface area contributed by atoms with Crippen molar-refractivity contribution in [3.63, 3.8) is 0 Å². The molecular formula is C11H19NO3. The van der Waals surface area contributed by atoms with E-state index in [1.807, 2.05) is 0 Å². The number of carboxylic acid groups (broad SMARTS) is 1. The van der Waals surface area contributed by atoms with E-state index in [0.717, 1.165) is 45.7 Å². The van der Waals surface area contributed by atoms with Crippen LogP contribution in [0.3, 0.4) is 0 Å². The third kappa shape index (κ3) is 2.92. The van der Waals surface area contributed by atoms with Gasteiger partial charge in [-0.3, -0.25) is 4.79 Å². The average Bonchev–Trinajstić information content (AvgIpc) is 2.68. The summed E-state index contributed by atoms with van der Waals surface area (Å²) in [6.45, 7) is 4.44. The quantitative estimate of drug-likeness (QED) is 0.754. The van der Waals surface area contributed by atoms with Gasteiger partial charge < -0.3 is 14.7 Å². The SMILES string of the molecule is O=C(O)C1CCN(CC2CCCOC2)C1. The van der Waals surface area contributed by atoms with Crippen LogP contribution in [-0.2, 0) is 9.53 Å². The summed E-state index contributed by atoms with van der Waals surface area (Å²) in [7, 11) is 0. The van der Waals surface area contributed by atoms with Gasteiger partial charge in [-0.2, -0.15) is 0 Å². The Labute approximate surface area is 90.2 Å². The second kappa shape index (κ2) is 4.94. The van der Waals surface area contributed by atoms with Crippen LogP contribution in [0.2, 0.25) is 0 Å². The molecule has 15 heavy (non-hydrogen) atoms. The molecule has 2 saturated heterocycles. The maximum atomic E-state index is 10.8. The van der Waals surface area contributed by atoms with Gasteiger partial charge in [-0.05, 0) is 31.7 Å². The van der Waals surface area contributed by atoms with Crippen molar-refractivity contribution in [1.82, 2.24) is 4.90 Å². The lowest BCUT2D eigenvalue weighted by Crippen LogP contribution is -2.32. The van der Waals surface area contributed by atoms with E-state index in [4.69, 9.17) is 9.84 Å². The standard InChI is InChI=1S/C11H19NO3/c13-11(14)10-3-4-12(7-10)6-9-2-1-5-15-8-9/h9-10H,1-8H2,(H,13,14). The zero-order valence-electron chi connectivity index (χ0n) is 9.02. The number of ether oxygens (including phenoxy) is 1. The lowest BCUT2D eigenvalue weighted by molar-refractivity contribution is -0.141. The van der Waals surface area contributed by atoms with E-state index in [9.17, 15) is 4.79 Å². The lowest BCUT2D eigenvalue weighted by atomic mass is 10.0. The molecule has 2 rings (SSSR count). The fourth-order valence-electron chi connectivity index (χ4n) is 2.52. The van der Waals surface area contributed by atoms with Gasteiger partial charge in [0.25, 0.3) is 0 Å². The van der Waals surface area contributed by atoms with Crippen LogP contribution in [-0.4, -0.2) is 48.8 Å². The second-order valence-corrected chi connectivity index (χ2v) is 4.67. The molecule has 4 nitrogen and oxygen atoms in total. The first-order chi connectivity index (χ1) is 7.25. The Morgan fingerprint density at radius 1 is 1.47 bits per heavy atom. The highest BCUT2D eigenvalue weighted by atomic mass is 16.5. The summed E-state index contributed by atoms with van der Waals surface area (Å²) in [5.74, 6) is -0.168. The van der Waals surface area contributed by atoms with Crippen molar-refractivity contribution in [2.75, 3.05) is 32.8 Å². The van der Waals surface area contributed by atoms with Crippen LogP contribution >= 0.6 is 0 Å². The van der Waals surface area contributed by atoms with E-state index in [1.54, 1.807) is 0 Å². The Bertz CT molecular complexity index is 226. The minimum atomic E-state index is -0.641. The van der Waals surface area contributed by atoms with Crippen molar-refractivity contribution < 1.29 is 14.6 Å². The third-order valence-electron chi connectivity index (χ3n) is 3.39. The molecule has 0 aromatic heterocycles. The molecule has 1 N–H and O–H groups in total. The fraction of sp³-hybridized carbons (Fsp3) is 0.909. The Hall–Kier alpha value is -0.610. The minimum absolute atomic E-state index is 0.144. The van der Waals surface area contributed by atoms with Crippen molar-refractivity contribution in [2.45, 2.75) is 19.3 Å². The predicted molar refractivity (Wildman–Crippen MR) is 55.7 cm³/mol. The van der Waals surface area contributed by atoms with Gasteiger partial charge in [-0.1, -0.05) is 0 Å². The molecule has 0 aromatic rings. The summed E-state index contributed by atoms with van der Waals surface area (Å²) >= 11 is 0. The van der Waals surface area contributed by atoms with Gasteiger partial charge in [0.1, 0.15) is 0 Å². The molecule has 0 spiro atoms. The first-order valence-corrected chi connectivity index (χ1v) is 5.78. The maximum absolute atomic E-state index is 10.8. The molecule has 86 valence electrons. The number of aliphatic carboxylic acids is 1. The first-order valence-electron chi connectivity index (χ1n) is 5.78. The molecule has 2 fully saturated rings. The summed E-state index contributed by atoms with van der Waals surface area (Å²) in [4.78, 5) is 13.1. The zero-order valence-corrected chi connectivity index (χ0v) is 9.02. The highest BCUT2D eigenvalue weighted by molar-refractivity contribution is 5.70. The van der Waals surface area contributed by atoms with E-state index in [0.29, 0.717) is 5.92 Å². The van der Waals surface area contributed by atoms with Crippen molar-refractivity contribution in [1.29, 1.82) is 0 Å². The Kier molecular flexibility index (Phi) is 3.59. The normalized spacial score (nSPS) is 33.1. The van der Waals surface area contributed by atoms with Gasteiger partial charge in [-0.25, -0.2) is 0 Å². The van der Waals surface area contributed by atoms with E-state index in [1.165, 1.54) is 6.42 Å². The van der Waals surface area contributed by atoms with E-state index >= 15 is 0 Å². The van der Waals surface area contributed by atoms with Crippen LogP contribution in [0.15, 0.2) is 0 Å². The second-order valence-electron chi connectivity index (χ2n) is 4.67. The monoisotopic (exact) mass is 213 g/mol. The molecule has 0 aliphatic carbocycles. The van der Waals surface area contributed by atoms with Gasteiger partial charge in [0, 0.05) is 19.7 Å². The third-order valence-corrected chi connectivity index (χ3v) is 3.39. The number of rotatable bonds is 3. The molecule has 4 heteroatoms. The number of nitrogens with zero attached hydrogens (tertiary/aromatic N) is 1. The number of hydrogen-bond donors (Lipinski definition) is 1. The van der Waals surface area contributed by atoms with Crippen molar-refractivity contribution in [2.24, 2.45) is 11.8 Å². The van der Waals surface area contributed by atoms with Crippen molar-refractivity contribution in [3.8, 4) is 0 Å². The molecule has 0 amide bonds. The first kappa shape index (κ1) is 10.9. The number of carbonyl (C=O) groups is 1. The molecule has 2 heterocycles. The maximum Gasteiger partial charge on any atom is 0.307 e. The Morgan fingerprint density at radius 3 is 2.93 bits per heavy atom. The highest BCUT2D eigenvalue weighted by Crippen LogP contribution is 2.21. The molecule has 0 aromatic carbocycles. The summed E-state index contributed by atoms with van der Waals surface area (Å²) < 4.78 is 5.42. The van der Waals surface area contributed by atoms with E-state index < -0.39 is 5.97 Å². The van der Waals surface area contributed by atoms with Gasteiger partial charge in [-0.15, -0.1) is 0 Å². The van der Waals surface area contributed by atoms with E-state index in [2.05, 4.69) is 4.90 Å². The number of likely N-dealkylation sites (tertiary alicyclic amines) is 1. The van der Waals surface area contributed by atoms with Gasteiger partial charge >= 0.3 is 5.97 Å². The molecule has 0 saturated carbocycles. The predicted octanol–water partition coefficient (Wildman–Crippen LogP) is 0.819. The van der Waals surface area contributed by atoms with Crippen LogP contribution < -0.4 is 0 Å². The van der Waals surface area contributed by atoms with Crippen molar-refractivity contribution >= 4 is 5.97 Å². The lowest BCUT2D eigenvalue weighted by Gasteiger charge is -2.26.